The molecule has 0 bridgehead atoms. The fourth-order valence-corrected chi connectivity index (χ4v) is 3.48. The van der Waals surface area contributed by atoms with Crippen molar-refractivity contribution in [1.29, 1.82) is 0 Å². The number of imide groups is 1. The molecule has 3 amide bonds. The number of amides is 3. The highest BCUT2D eigenvalue weighted by Crippen LogP contribution is 2.31. The van der Waals surface area contributed by atoms with E-state index in [-0.39, 0.29) is 30.0 Å². The number of benzene rings is 2. The molecule has 2 aliphatic heterocycles. The highest BCUT2D eigenvalue weighted by atomic mass is 16.6. The van der Waals surface area contributed by atoms with Crippen LogP contribution in [0.2, 0.25) is 0 Å². The first kappa shape index (κ1) is 18.7. The number of para-hydroxylation sites is 2. The zero-order valence-electron chi connectivity index (χ0n) is 16.0. The summed E-state index contributed by atoms with van der Waals surface area (Å²) >= 11 is 0. The summed E-state index contributed by atoms with van der Waals surface area (Å²) in [6.07, 6.45) is 1.19. The van der Waals surface area contributed by atoms with E-state index in [1.165, 1.54) is 23.1 Å². The fraction of sp³-hybridized carbons (Fsp3) is 0.227. The Morgan fingerprint density at radius 1 is 1.17 bits per heavy atom. The molecule has 0 fully saturated rings. The highest BCUT2D eigenvalue weighted by molar-refractivity contribution is 6.22. The molecule has 2 aromatic carbocycles. The second kappa shape index (κ2) is 7.43. The van der Waals surface area contributed by atoms with Crippen molar-refractivity contribution in [3.63, 3.8) is 0 Å². The zero-order valence-corrected chi connectivity index (χ0v) is 16.0. The number of carbonyl (C=O) groups is 3. The van der Waals surface area contributed by atoms with Crippen LogP contribution in [0.15, 0.2) is 55.1 Å². The summed E-state index contributed by atoms with van der Waals surface area (Å²) in [5, 5.41) is 0. The first-order valence-corrected chi connectivity index (χ1v) is 9.24. The van der Waals surface area contributed by atoms with E-state index in [0.717, 1.165) is 4.90 Å². The Kier molecular flexibility index (Phi) is 4.80. The highest BCUT2D eigenvalue weighted by Gasteiger charge is 2.35. The van der Waals surface area contributed by atoms with E-state index in [1.807, 2.05) is 24.3 Å². The monoisotopic (exact) mass is 392 g/mol. The first-order chi connectivity index (χ1) is 14.0. The minimum absolute atomic E-state index is 0.135. The minimum atomic E-state index is -0.414. The van der Waals surface area contributed by atoms with E-state index in [9.17, 15) is 14.4 Å². The Balaban J connectivity index is 1.47. The van der Waals surface area contributed by atoms with Crippen LogP contribution in [-0.2, 0) is 0 Å². The molecule has 0 radical (unpaired) electrons. The molecule has 1 atom stereocenters. The minimum Gasteiger partial charge on any atom is -0.486 e. The Hall–Kier alpha value is -3.61. The average molecular weight is 392 g/mol. The van der Waals surface area contributed by atoms with E-state index in [4.69, 9.17) is 9.47 Å². The molecule has 2 aliphatic rings. The number of likely N-dealkylation sites (N-methyl/N-ethyl adjacent to an activating group) is 1. The van der Waals surface area contributed by atoms with Gasteiger partial charge in [-0.2, -0.15) is 0 Å². The second-order valence-electron chi connectivity index (χ2n) is 6.95. The van der Waals surface area contributed by atoms with Crippen LogP contribution in [0, 0.1) is 0 Å². The van der Waals surface area contributed by atoms with Gasteiger partial charge in [-0.05, 0) is 30.3 Å². The van der Waals surface area contributed by atoms with Crippen LogP contribution in [0.25, 0.3) is 0 Å². The fourth-order valence-electron chi connectivity index (χ4n) is 3.48. The van der Waals surface area contributed by atoms with Crippen molar-refractivity contribution in [2.24, 2.45) is 0 Å². The summed E-state index contributed by atoms with van der Waals surface area (Å²) in [4.78, 5) is 40.3. The Morgan fingerprint density at radius 3 is 2.66 bits per heavy atom. The third-order valence-corrected chi connectivity index (χ3v) is 4.92. The lowest BCUT2D eigenvalue weighted by Gasteiger charge is -2.29. The lowest BCUT2D eigenvalue weighted by molar-refractivity contribution is 0.0521. The van der Waals surface area contributed by atoms with Crippen LogP contribution in [-0.4, -0.2) is 60.4 Å². The molecule has 7 heteroatoms. The van der Waals surface area contributed by atoms with Gasteiger partial charge in [0.05, 0.1) is 17.7 Å². The van der Waals surface area contributed by atoms with Crippen LogP contribution in [0.5, 0.6) is 11.5 Å². The molecule has 7 nitrogen and oxygen atoms in total. The summed E-state index contributed by atoms with van der Waals surface area (Å²) in [5.41, 5.74) is 0.879. The van der Waals surface area contributed by atoms with Gasteiger partial charge >= 0.3 is 0 Å². The topological polar surface area (TPSA) is 76.2 Å². The number of fused-ring (bicyclic) bond motifs is 2. The molecule has 2 heterocycles. The molecule has 4 rings (SSSR count). The lowest BCUT2D eigenvalue weighted by Crippen LogP contribution is -2.41. The summed E-state index contributed by atoms with van der Waals surface area (Å²) in [6, 6.07) is 11.9. The summed E-state index contributed by atoms with van der Waals surface area (Å²) in [7, 11) is 1.66. The van der Waals surface area contributed by atoms with Crippen molar-refractivity contribution in [3.8, 4) is 11.5 Å². The van der Waals surface area contributed by atoms with E-state index in [0.29, 0.717) is 35.8 Å². The molecule has 2 aromatic rings. The molecule has 0 saturated carbocycles. The van der Waals surface area contributed by atoms with Gasteiger partial charge in [0, 0.05) is 19.2 Å². The number of hydrogen-bond donors (Lipinski definition) is 0. The number of hydrogen-bond acceptors (Lipinski definition) is 5. The SMILES string of the molecule is C=CCN1C(=O)c2ccc(C(=O)N(C)CC3COc4ccccc4O3)cc2C1=O. The van der Waals surface area contributed by atoms with Crippen molar-refractivity contribution in [3.05, 3.63) is 71.8 Å². The van der Waals surface area contributed by atoms with Crippen molar-refractivity contribution in [2.75, 3.05) is 26.7 Å². The molecule has 0 saturated heterocycles. The van der Waals surface area contributed by atoms with Gasteiger partial charge in [0.2, 0.25) is 0 Å². The van der Waals surface area contributed by atoms with Crippen molar-refractivity contribution < 1.29 is 23.9 Å². The predicted octanol–water partition coefficient (Wildman–Crippen LogP) is 2.38. The van der Waals surface area contributed by atoms with Crippen LogP contribution in [0.4, 0.5) is 0 Å². The van der Waals surface area contributed by atoms with E-state index in [1.54, 1.807) is 13.1 Å². The Labute approximate surface area is 168 Å². The molecule has 0 aliphatic carbocycles. The largest absolute Gasteiger partial charge is 0.486 e. The molecular weight excluding hydrogens is 372 g/mol. The smallest absolute Gasteiger partial charge is 0.261 e. The molecule has 0 N–H and O–H groups in total. The normalized spacial score (nSPS) is 17.1. The standard InChI is InChI=1S/C22H20N2O5/c1-3-10-24-21(26)16-9-8-14(11-17(16)22(24)27)20(25)23(2)12-15-13-28-18-6-4-5-7-19(18)29-15/h3-9,11,15H,1,10,12-13H2,2H3. The summed E-state index contributed by atoms with van der Waals surface area (Å²) in [6.45, 7) is 4.36. The molecule has 0 aromatic heterocycles. The van der Waals surface area contributed by atoms with Crippen molar-refractivity contribution in [1.82, 2.24) is 9.80 Å². The van der Waals surface area contributed by atoms with Gasteiger partial charge < -0.3 is 14.4 Å². The van der Waals surface area contributed by atoms with Crippen LogP contribution in [0.1, 0.15) is 31.1 Å². The maximum absolute atomic E-state index is 12.9. The van der Waals surface area contributed by atoms with Crippen molar-refractivity contribution in [2.45, 2.75) is 6.10 Å². The van der Waals surface area contributed by atoms with E-state index >= 15 is 0 Å². The van der Waals surface area contributed by atoms with Gasteiger partial charge in [-0.3, -0.25) is 19.3 Å². The van der Waals surface area contributed by atoms with Gasteiger partial charge in [-0.15, -0.1) is 6.58 Å². The average Bonchev–Trinajstić information content (AvgIpc) is 2.97. The van der Waals surface area contributed by atoms with Gasteiger partial charge in [0.25, 0.3) is 17.7 Å². The molecule has 1 unspecified atom stereocenters. The van der Waals surface area contributed by atoms with Gasteiger partial charge in [-0.25, -0.2) is 0 Å². The third kappa shape index (κ3) is 3.35. The van der Waals surface area contributed by atoms with Gasteiger partial charge in [0.15, 0.2) is 17.6 Å². The van der Waals surface area contributed by atoms with E-state index < -0.39 is 5.91 Å². The number of ether oxygens (including phenoxy) is 2. The summed E-state index contributed by atoms with van der Waals surface area (Å²) in [5.74, 6) is 0.279. The number of nitrogens with zero attached hydrogens (tertiary/aromatic N) is 2. The van der Waals surface area contributed by atoms with Gasteiger partial charge in [0.1, 0.15) is 6.61 Å². The van der Waals surface area contributed by atoms with E-state index in [2.05, 4.69) is 6.58 Å². The predicted molar refractivity (Wildman–Crippen MR) is 105 cm³/mol. The number of carbonyl (C=O) groups excluding carboxylic acids is 3. The van der Waals surface area contributed by atoms with Crippen LogP contribution in [0.3, 0.4) is 0 Å². The molecule has 148 valence electrons. The zero-order chi connectivity index (χ0) is 20.5. The lowest BCUT2D eigenvalue weighted by atomic mass is 10.0. The van der Waals surface area contributed by atoms with Gasteiger partial charge in [-0.1, -0.05) is 18.2 Å². The van der Waals surface area contributed by atoms with Crippen molar-refractivity contribution >= 4 is 17.7 Å². The molecule has 29 heavy (non-hydrogen) atoms. The Morgan fingerprint density at radius 2 is 1.90 bits per heavy atom. The second-order valence-corrected chi connectivity index (χ2v) is 6.95. The third-order valence-electron chi connectivity index (χ3n) is 4.92. The Bertz CT molecular complexity index is 1020. The first-order valence-electron chi connectivity index (χ1n) is 9.24. The molecule has 0 spiro atoms. The van der Waals surface area contributed by atoms with Crippen LogP contribution >= 0.6 is 0 Å². The molecular formula is C22H20N2O5. The van der Waals surface area contributed by atoms with Crippen LogP contribution < -0.4 is 9.47 Å². The maximum atomic E-state index is 12.9. The quantitative estimate of drug-likeness (QED) is 0.577. The number of rotatable bonds is 5. The maximum Gasteiger partial charge on any atom is 0.261 e. The summed E-state index contributed by atoms with van der Waals surface area (Å²) < 4.78 is 11.6.